The van der Waals surface area contributed by atoms with Crippen LogP contribution in [0.2, 0.25) is 0 Å². The van der Waals surface area contributed by atoms with Crippen LogP contribution in [0.4, 0.5) is 0 Å². The zero-order valence-corrected chi connectivity index (χ0v) is 12.9. The third-order valence-electron chi connectivity index (χ3n) is 3.48. The lowest BCUT2D eigenvalue weighted by molar-refractivity contribution is 0.0702. The first-order valence-electron chi connectivity index (χ1n) is 6.42. The van der Waals surface area contributed by atoms with Gasteiger partial charge in [0.15, 0.2) is 0 Å². The molecule has 0 unspecified atom stereocenters. The summed E-state index contributed by atoms with van der Waals surface area (Å²) < 4.78 is 5.92. The van der Waals surface area contributed by atoms with Crippen LogP contribution in [0.15, 0.2) is 18.2 Å². The summed E-state index contributed by atoms with van der Waals surface area (Å²) >= 11 is 1.29. The molecule has 0 saturated heterocycles. The Balaban J connectivity index is 2.21. The number of ether oxygens (including phenoxy) is 1. The van der Waals surface area contributed by atoms with E-state index in [9.17, 15) is 4.79 Å². The molecular weight excluding hydrogens is 272 g/mol. The topological polar surface area (TPSA) is 46.5 Å². The molecule has 1 N–H and O–H groups in total. The summed E-state index contributed by atoms with van der Waals surface area (Å²) in [6.45, 7) is 8.44. The van der Waals surface area contributed by atoms with Crippen LogP contribution >= 0.6 is 11.3 Å². The minimum Gasteiger partial charge on any atom is -0.488 e. The van der Waals surface area contributed by atoms with Crippen molar-refractivity contribution in [1.82, 2.24) is 0 Å². The number of thiophene rings is 1. The molecule has 1 aromatic carbocycles. The van der Waals surface area contributed by atoms with Crippen LogP contribution in [0.5, 0.6) is 5.75 Å². The molecular formula is C16H18O3S. The van der Waals surface area contributed by atoms with Gasteiger partial charge in [0.1, 0.15) is 17.2 Å². The molecule has 1 heterocycles. The van der Waals surface area contributed by atoms with E-state index >= 15 is 0 Å². The number of aryl methyl sites for hydroxylation is 3. The van der Waals surface area contributed by atoms with Crippen LogP contribution in [-0.4, -0.2) is 11.1 Å². The fraction of sp³-hybridized carbons (Fsp3) is 0.312. The molecule has 0 saturated carbocycles. The van der Waals surface area contributed by atoms with Crippen LogP contribution in [-0.2, 0) is 6.61 Å². The van der Waals surface area contributed by atoms with E-state index in [1.165, 1.54) is 16.9 Å². The molecule has 0 atom stereocenters. The molecule has 2 rings (SSSR count). The van der Waals surface area contributed by atoms with Gasteiger partial charge < -0.3 is 9.84 Å². The maximum Gasteiger partial charge on any atom is 0.345 e. The number of carboxylic acid groups (broad SMARTS) is 1. The monoisotopic (exact) mass is 290 g/mol. The van der Waals surface area contributed by atoms with E-state index in [2.05, 4.69) is 13.0 Å². The van der Waals surface area contributed by atoms with Gasteiger partial charge in [-0.05, 0) is 50.5 Å². The summed E-state index contributed by atoms with van der Waals surface area (Å²) in [5, 5.41) is 9.00. The van der Waals surface area contributed by atoms with Crippen molar-refractivity contribution in [2.24, 2.45) is 0 Å². The molecule has 4 heteroatoms. The first-order chi connectivity index (χ1) is 9.40. The average Bonchev–Trinajstić information content (AvgIpc) is 2.76. The summed E-state index contributed by atoms with van der Waals surface area (Å²) in [4.78, 5) is 12.3. The summed E-state index contributed by atoms with van der Waals surface area (Å²) in [7, 11) is 0. The average molecular weight is 290 g/mol. The number of carboxylic acids is 1. The maximum absolute atomic E-state index is 11.0. The van der Waals surface area contributed by atoms with E-state index < -0.39 is 5.97 Å². The quantitative estimate of drug-likeness (QED) is 0.915. The van der Waals surface area contributed by atoms with E-state index in [1.807, 2.05) is 26.8 Å². The van der Waals surface area contributed by atoms with Crippen LogP contribution in [0.25, 0.3) is 0 Å². The summed E-state index contributed by atoms with van der Waals surface area (Å²) in [5.74, 6) is 0.0136. The third-order valence-corrected chi connectivity index (χ3v) is 4.56. The second kappa shape index (κ2) is 5.67. The fourth-order valence-electron chi connectivity index (χ4n) is 2.07. The summed E-state index contributed by atoms with van der Waals surface area (Å²) in [6.07, 6.45) is 0. The van der Waals surface area contributed by atoms with Gasteiger partial charge in [-0.1, -0.05) is 12.1 Å². The van der Waals surface area contributed by atoms with Gasteiger partial charge in [-0.15, -0.1) is 11.3 Å². The Labute approximate surface area is 122 Å². The number of benzene rings is 1. The van der Waals surface area contributed by atoms with Crippen LogP contribution in [0.1, 0.15) is 36.8 Å². The Morgan fingerprint density at radius 1 is 1.20 bits per heavy atom. The zero-order chi connectivity index (χ0) is 14.9. The van der Waals surface area contributed by atoms with E-state index in [0.29, 0.717) is 11.5 Å². The van der Waals surface area contributed by atoms with Gasteiger partial charge in [0.25, 0.3) is 0 Å². The van der Waals surface area contributed by atoms with Crippen LogP contribution in [0, 0.1) is 27.7 Å². The van der Waals surface area contributed by atoms with Crippen molar-refractivity contribution in [3.8, 4) is 5.75 Å². The minimum atomic E-state index is -0.882. The van der Waals surface area contributed by atoms with Crippen molar-refractivity contribution in [2.45, 2.75) is 34.3 Å². The molecule has 0 aliphatic heterocycles. The van der Waals surface area contributed by atoms with Crippen molar-refractivity contribution in [3.05, 3.63) is 50.2 Å². The van der Waals surface area contributed by atoms with Crippen molar-refractivity contribution < 1.29 is 14.6 Å². The molecule has 0 aliphatic rings. The zero-order valence-electron chi connectivity index (χ0n) is 12.1. The molecule has 0 fully saturated rings. The molecule has 0 bridgehead atoms. The molecule has 0 spiro atoms. The second-order valence-corrected chi connectivity index (χ2v) is 6.20. The van der Waals surface area contributed by atoms with E-state index in [1.54, 1.807) is 6.07 Å². The molecule has 1 aromatic heterocycles. The van der Waals surface area contributed by atoms with Crippen molar-refractivity contribution in [2.75, 3.05) is 0 Å². The maximum atomic E-state index is 11.0. The van der Waals surface area contributed by atoms with Crippen LogP contribution < -0.4 is 4.74 Å². The number of hydrogen-bond donors (Lipinski definition) is 1. The van der Waals surface area contributed by atoms with Crippen molar-refractivity contribution in [3.63, 3.8) is 0 Å². The van der Waals surface area contributed by atoms with Gasteiger partial charge in [-0.2, -0.15) is 0 Å². The van der Waals surface area contributed by atoms with Crippen molar-refractivity contribution >= 4 is 17.3 Å². The summed E-state index contributed by atoms with van der Waals surface area (Å²) in [5.41, 5.74) is 4.36. The standard InChI is InChI=1S/C16H18O3S/c1-9-5-6-10(2)15(11(9)3)19-8-13-7-14(16(17)18)20-12(13)4/h5-7H,8H2,1-4H3,(H,17,18). The highest BCUT2D eigenvalue weighted by Gasteiger charge is 2.13. The second-order valence-electron chi connectivity index (χ2n) is 4.94. The first kappa shape index (κ1) is 14.6. The smallest absolute Gasteiger partial charge is 0.345 e. The van der Waals surface area contributed by atoms with Gasteiger partial charge in [-0.25, -0.2) is 4.79 Å². The molecule has 0 aliphatic carbocycles. The predicted octanol–water partition coefficient (Wildman–Crippen LogP) is 4.26. The normalized spacial score (nSPS) is 10.6. The highest BCUT2D eigenvalue weighted by molar-refractivity contribution is 7.14. The Hall–Kier alpha value is -1.81. The molecule has 0 radical (unpaired) electrons. The number of hydrogen-bond acceptors (Lipinski definition) is 3. The van der Waals surface area contributed by atoms with Gasteiger partial charge in [0.05, 0.1) is 0 Å². The van der Waals surface area contributed by atoms with E-state index in [4.69, 9.17) is 9.84 Å². The highest BCUT2D eigenvalue weighted by Crippen LogP contribution is 2.28. The van der Waals surface area contributed by atoms with Gasteiger partial charge in [0, 0.05) is 10.4 Å². The van der Waals surface area contributed by atoms with Crippen LogP contribution in [0.3, 0.4) is 0 Å². The molecule has 20 heavy (non-hydrogen) atoms. The van der Waals surface area contributed by atoms with Gasteiger partial charge in [-0.3, -0.25) is 0 Å². The molecule has 3 nitrogen and oxygen atoms in total. The fourth-order valence-corrected chi connectivity index (χ4v) is 2.93. The molecule has 0 amide bonds. The highest BCUT2D eigenvalue weighted by atomic mass is 32.1. The Morgan fingerprint density at radius 2 is 1.85 bits per heavy atom. The predicted molar refractivity (Wildman–Crippen MR) is 81.0 cm³/mol. The molecule has 106 valence electrons. The van der Waals surface area contributed by atoms with E-state index in [-0.39, 0.29) is 0 Å². The summed E-state index contributed by atoms with van der Waals surface area (Å²) in [6, 6.07) is 5.82. The SMILES string of the molecule is Cc1ccc(C)c(OCc2cc(C(=O)O)sc2C)c1C. The lowest BCUT2D eigenvalue weighted by Crippen LogP contribution is -2.00. The minimum absolute atomic E-state index is 0.360. The first-order valence-corrected chi connectivity index (χ1v) is 7.24. The number of aromatic carboxylic acids is 1. The number of rotatable bonds is 4. The Morgan fingerprint density at radius 3 is 2.45 bits per heavy atom. The van der Waals surface area contributed by atoms with E-state index in [0.717, 1.165) is 27.3 Å². The Bertz CT molecular complexity index is 656. The number of carbonyl (C=O) groups is 1. The largest absolute Gasteiger partial charge is 0.488 e. The third kappa shape index (κ3) is 2.85. The lowest BCUT2D eigenvalue weighted by Gasteiger charge is -2.13. The Kier molecular flexibility index (Phi) is 4.14. The lowest BCUT2D eigenvalue weighted by atomic mass is 10.1. The van der Waals surface area contributed by atoms with Gasteiger partial charge >= 0.3 is 5.97 Å². The van der Waals surface area contributed by atoms with Crippen molar-refractivity contribution in [1.29, 1.82) is 0 Å². The van der Waals surface area contributed by atoms with Gasteiger partial charge in [0.2, 0.25) is 0 Å². The molecule has 2 aromatic rings.